The lowest BCUT2D eigenvalue weighted by Gasteiger charge is -2.32. The van der Waals surface area contributed by atoms with E-state index in [0.29, 0.717) is 0 Å². The molecule has 0 saturated carbocycles. The van der Waals surface area contributed by atoms with Crippen molar-refractivity contribution in [3.63, 3.8) is 0 Å². The minimum absolute atomic E-state index is 0.0159. The number of ketones is 1. The Balaban J connectivity index is 2.53. The number of Topliss-reactive ketones (excluding diaryl/α,β-unsaturated/α-hetero) is 1. The van der Waals surface area contributed by atoms with Crippen LogP contribution in [0.1, 0.15) is 60.3 Å². The lowest BCUT2D eigenvalue weighted by Crippen LogP contribution is -2.51. The van der Waals surface area contributed by atoms with Crippen LogP contribution in [0, 0.1) is 11.3 Å². The molecule has 1 aliphatic heterocycles. The Hall–Kier alpha value is -1.10. The molecule has 1 fully saturated rings. The minimum atomic E-state index is -0.540. The van der Waals surface area contributed by atoms with Gasteiger partial charge in [0.05, 0.1) is 12.1 Å². The van der Waals surface area contributed by atoms with E-state index in [0.717, 1.165) is 32.3 Å². The Bertz CT molecular complexity index is 369. The van der Waals surface area contributed by atoms with Crippen LogP contribution in [0.25, 0.3) is 0 Å². The Labute approximate surface area is 134 Å². The minimum Gasteiger partial charge on any atom is -0.447 e. The van der Waals surface area contributed by atoms with Gasteiger partial charge in [-0.05, 0) is 31.1 Å². The largest absolute Gasteiger partial charge is 0.447 e. The average molecular weight is 313 g/mol. The number of carbonyl (C=O) groups excluding carboxylic acids is 2. The zero-order chi connectivity index (χ0) is 16.8. The van der Waals surface area contributed by atoms with Crippen molar-refractivity contribution in [1.82, 2.24) is 5.32 Å². The van der Waals surface area contributed by atoms with Gasteiger partial charge < -0.3 is 14.8 Å². The monoisotopic (exact) mass is 313 g/mol. The third-order valence-corrected chi connectivity index (χ3v) is 4.19. The topological polar surface area (TPSA) is 64.6 Å². The van der Waals surface area contributed by atoms with Gasteiger partial charge in [-0.3, -0.25) is 4.79 Å². The molecule has 0 radical (unpaired) electrons. The summed E-state index contributed by atoms with van der Waals surface area (Å²) in [5.74, 6) is -0.0212. The second-order valence-electron chi connectivity index (χ2n) is 7.24. The highest BCUT2D eigenvalue weighted by Crippen LogP contribution is 2.23. The van der Waals surface area contributed by atoms with Crippen molar-refractivity contribution in [3.05, 3.63) is 0 Å². The van der Waals surface area contributed by atoms with E-state index < -0.39 is 12.1 Å². The third kappa shape index (κ3) is 5.95. The molecule has 5 nitrogen and oxygen atoms in total. The average Bonchev–Trinajstić information content (AvgIpc) is 2.49. The van der Waals surface area contributed by atoms with E-state index in [4.69, 9.17) is 9.47 Å². The molecule has 128 valence electrons. The molecule has 0 aromatic carbocycles. The van der Waals surface area contributed by atoms with Crippen molar-refractivity contribution in [2.45, 2.75) is 72.4 Å². The van der Waals surface area contributed by atoms with Gasteiger partial charge in [0.2, 0.25) is 0 Å². The molecule has 3 atom stereocenters. The van der Waals surface area contributed by atoms with Crippen LogP contribution in [0.3, 0.4) is 0 Å². The Kier molecular flexibility index (Phi) is 7.33. The quantitative estimate of drug-likeness (QED) is 0.817. The van der Waals surface area contributed by atoms with Crippen LogP contribution in [0.2, 0.25) is 0 Å². The molecule has 1 N–H and O–H groups in total. The van der Waals surface area contributed by atoms with Crippen LogP contribution in [0.4, 0.5) is 4.79 Å². The number of carbonyl (C=O) groups is 2. The van der Waals surface area contributed by atoms with Crippen LogP contribution >= 0.6 is 0 Å². The van der Waals surface area contributed by atoms with Gasteiger partial charge in [0.25, 0.3) is 0 Å². The van der Waals surface area contributed by atoms with E-state index in [1.807, 2.05) is 34.6 Å². The van der Waals surface area contributed by atoms with Gasteiger partial charge in [-0.2, -0.15) is 0 Å². The SMILES string of the molecule is CCC(C)C(=O)C(NC(=O)OCC1CCCCO1)C(C)(C)C. The summed E-state index contributed by atoms with van der Waals surface area (Å²) in [5.41, 5.74) is -0.346. The van der Waals surface area contributed by atoms with Gasteiger partial charge in [-0.1, -0.05) is 34.6 Å². The van der Waals surface area contributed by atoms with E-state index in [-0.39, 0.29) is 29.8 Å². The summed E-state index contributed by atoms with van der Waals surface area (Å²) in [5, 5.41) is 2.75. The van der Waals surface area contributed by atoms with Crippen molar-refractivity contribution in [3.8, 4) is 0 Å². The fraction of sp³-hybridized carbons (Fsp3) is 0.882. The molecule has 0 aliphatic carbocycles. The first-order valence-electron chi connectivity index (χ1n) is 8.34. The number of alkyl carbamates (subject to hydrolysis) is 1. The number of amides is 1. The molecule has 1 heterocycles. The molecular formula is C17H31NO4. The molecule has 22 heavy (non-hydrogen) atoms. The van der Waals surface area contributed by atoms with E-state index in [9.17, 15) is 9.59 Å². The second-order valence-corrected chi connectivity index (χ2v) is 7.24. The highest BCUT2D eigenvalue weighted by molar-refractivity contribution is 5.89. The molecule has 1 amide bonds. The highest BCUT2D eigenvalue weighted by Gasteiger charge is 2.35. The molecule has 0 aromatic rings. The predicted octanol–water partition coefficient (Wildman–Crippen LogP) is 3.31. The van der Waals surface area contributed by atoms with Crippen LogP contribution in [-0.2, 0) is 14.3 Å². The first kappa shape index (κ1) is 18.9. The van der Waals surface area contributed by atoms with Gasteiger partial charge in [-0.25, -0.2) is 4.79 Å². The maximum Gasteiger partial charge on any atom is 0.407 e. The molecule has 1 rings (SSSR count). The fourth-order valence-electron chi connectivity index (χ4n) is 2.47. The lowest BCUT2D eigenvalue weighted by molar-refractivity contribution is -0.126. The normalized spacial score (nSPS) is 21.8. The van der Waals surface area contributed by atoms with Crippen molar-refractivity contribution >= 4 is 11.9 Å². The van der Waals surface area contributed by atoms with E-state index in [2.05, 4.69) is 5.32 Å². The molecule has 0 bridgehead atoms. The highest BCUT2D eigenvalue weighted by atomic mass is 16.6. The van der Waals surface area contributed by atoms with Crippen molar-refractivity contribution in [2.75, 3.05) is 13.2 Å². The zero-order valence-corrected chi connectivity index (χ0v) is 14.6. The summed E-state index contributed by atoms with van der Waals surface area (Å²) in [6, 6.07) is -0.540. The molecule has 1 aliphatic rings. The summed E-state index contributed by atoms with van der Waals surface area (Å²) in [6.45, 7) is 10.7. The molecule has 0 aromatic heterocycles. The van der Waals surface area contributed by atoms with Crippen molar-refractivity contribution in [2.24, 2.45) is 11.3 Å². The van der Waals surface area contributed by atoms with Crippen LogP contribution in [-0.4, -0.2) is 37.2 Å². The number of hydrogen-bond acceptors (Lipinski definition) is 4. The Morgan fingerprint density at radius 2 is 2.00 bits per heavy atom. The third-order valence-electron chi connectivity index (χ3n) is 4.19. The van der Waals surface area contributed by atoms with Crippen LogP contribution in [0.5, 0.6) is 0 Å². The number of nitrogens with one attached hydrogen (secondary N) is 1. The smallest absolute Gasteiger partial charge is 0.407 e. The summed E-state index contributed by atoms with van der Waals surface area (Å²) in [7, 11) is 0. The summed E-state index contributed by atoms with van der Waals surface area (Å²) in [6.07, 6.45) is 3.30. The molecule has 1 saturated heterocycles. The van der Waals surface area contributed by atoms with E-state index in [1.165, 1.54) is 0 Å². The summed E-state index contributed by atoms with van der Waals surface area (Å²) in [4.78, 5) is 24.5. The lowest BCUT2D eigenvalue weighted by atomic mass is 9.80. The number of hydrogen-bond donors (Lipinski definition) is 1. The van der Waals surface area contributed by atoms with Gasteiger partial charge in [0.15, 0.2) is 5.78 Å². The molecular weight excluding hydrogens is 282 g/mol. The van der Waals surface area contributed by atoms with Crippen LogP contribution < -0.4 is 5.32 Å². The second kappa shape index (κ2) is 8.51. The summed E-state index contributed by atoms with van der Waals surface area (Å²) >= 11 is 0. The first-order valence-corrected chi connectivity index (χ1v) is 8.34. The van der Waals surface area contributed by atoms with Gasteiger partial charge in [-0.15, -0.1) is 0 Å². The first-order chi connectivity index (χ1) is 10.3. The van der Waals surface area contributed by atoms with Gasteiger partial charge >= 0.3 is 6.09 Å². The molecule has 3 unspecified atom stereocenters. The van der Waals surface area contributed by atoms with Crippen LogP contribution in [0.15, 0.2) is 0 Å². The number of ether oxygens (including phenoxy) is 2. The maximum atomic E-state index is 12.5. The Morgan fingerprint density at radius 1 is 1.32 bits per heavy atom. The molecule has 5 heteroatoms. The zero-order valence-electron chi connectivity index (χ0n) is 14.6. The van der Waals surface area contributed by atoms with Crippen molar-refractivity contribution < 1.29 is 19.1 Å². The van der Waals surface area contributed by atoms with Gasteiger partial charge in [0.1, 0.15) is 6.61 Å². The standard InChI is InChI=1S/C17H31NO4/c1-6-12(2)14(19)15(17(3,4)5)18-16(20)22-11-13-9-7-8-10-21-13/h12-13,15H,6-11H2,1-5H3,(H,18,20). The predicted molar refractivity (Wildman–Crippen MR) is 85.8 cm³/mol. The van der Waals surface area contributed by atoms with Crippen molar-refractivity contribution in [1.29, 1.82) is 0 Å². The fourth-order valence-corrected chi connectivity index (χ4v) is 2.47. The number of rotatable bonds is 6. The van der Waals surface area contributed by atoms with Gasteiger partial charge in [0, 0.05) is 12.5 Å². The van der Waals surface area contributed by atoms with E-state index in [1.54, 1.807) is 0 Å². The Morgan fingerprint density at radius 3 is 2.50 bits per heavy atom. The maximum absolute atomic E-state index is 12.5. The molecule has 0 spiro atoms. The van der Waals surface area contributed by atoms with E-state index >= 15 is 0 Å². The summed E-state index contributed by atoms with van der Waals surface area (Å²) < 4.78 is 10.8.